The molecule has 1 N–H and O–H groups in total. The van der Waals surface area contributed by atoms with Crippen LogP contribution in [-0.4, -0.2) is 29.0 Å². The number of methoxy groups -OCH3 is 1. The van der Waals surface area contributed by atoms with Crippen LogP contribution in [0.25, 0.3) is 11.3 Å². The lowest BCUT2D eigenvalue weighted by molar-refractivity contribution is 0.0595. The largest absolute Gasteiger partial charge is 0.464 e. The highest BCUT2D eigenvalue weighted by molar-refractivity contribution is 6.13. The van der Waals surface area contributed by atoms with Crippen molar-refractivity contribution in [1.82, 2.24) is 10.1 Å². The van der Waals surface area contributed by atoms with Gasteiger partial charge >= 0.3 is 5.97 Å². The Bertz CT molecular complexity index is 1190. The highest BCUT2D eigenvalue weighted by atomic mass is 16.5. The van der Waals surface area contributed by atoms with Gasteiger partial charge in [-0.15, -0.1) is 0 Å². The van der Waals surface area contributed by atoms with E-state index in [4.69, 9.17) is 9.26 Å². The second-order valence-electron chi connectivity index (χ2n) is 6.52. The molecule has 0 aliphatic heterocycles. The number of hydrogen-bond donors (Lipinski definition) is 1. The highest BCUT2D eigenvalue weighted by Crippen LogP contribution is 2.30. The number of H-pyrrole nitrogens is 1. The van der Waals surface area contributed by atoms with Crippen LogP contribution in [0.2, 0.25) is 0 Å². The van der Waals surface area contributed by atoms with E-state index in [1.54, 1.807) is 19.1 Å². The smallest absolute Gasteiger partial charge is 0.354 e. The zero-order chi connectivity index (χ0) is 21.1. The minimum absolute atomic E-state index is 0.193. The van der Waals surface area contributed by atoms with E-state index >= 15 is 0 Å². The molecule has 0 aliphatic carbocycles. The number of ether oxygens (including phenoxy) is 2. The Morgan fingerprint density at radius 1 is 1.00 bits per heavy atom. The summed E-state index contributed by atoms with van der Waals surface area (Å²) in [5.41, 5.74) is 1.97. The highest BCUT2D eigenvalue weighted by Gasteiger charge is 2.24. The molecule has 0 fully saturated rings. The van der Waals surface area contributed by atoms with Crippen molar-refractivity contribution >= 4 is 11.8 Å². The van der Waals surface area contributed by atoms with Crippen LogP contribution < -0.4 is 4.74 Å². The molecule has 2 aromatic heterocycles. The van der Waals surface area contributed by atoms with Gasteiger partial charge in [-0.2, -0.15) is 0 Å². The van der Waals surface area contributed by atoms with Crippen LogP contribution in [0.15, 0.2) is 71.4 Å². The average molecular weight is 402 g/mol. The zero-order valence-corrected chi connectivity index (χ0v) is 16.3. The number of rotatable bonds is 6. The summed E-state index contributed by atoms with van der Waals surface area (Å²) in [6.45, 7) is 1.67. The summed E-state index contributed by atoms with van der Waals surface area (Å²) >= 11 is 0. The topological polar surface area (TPSA) is 94.4 Å². The van der Waals surface area contributed by atoms with Crippen LogP contribution in [0.5, 0.6) is 11.5 Å². The van der Waals surface area contributed by atoms with Gasteiger partial charge in [-0.25, -0.2) is 4.79 Å². The van der Waals surface area contributed by atoms with Gasteiger partial charge in [0, 0.05) is 17.3 Å². The van der Waals surface area contributed by atoms with E-state index in [0.717, 1.165) is 5.75 Å². The van der Waals surface area contributed by atoms with Crippen molar-refractivity contribution in [2.75, 3.05) is 7.11 Å². The van der Waals surface area contributed by atoms with Gasteiger partial charge in [-0.3, -0.25) is 4.79 Å². The van der Waals surface area contributed by atoms with Crippen molar-refractivity contribution in [2.45, 2.75) is 6.92 Å². The Hall–Kier alpha value is -4.13. The van der Waals surface area contributed by atoms with Crippen LogP contribution in [0.3, 0.4) is 0 Å². The van der Waals surface area contributed by atoms with Gasteiger partial charge in [0.1, 0.15) is 28.6 Å². The van der Waals surface area contributed by atoms with Gasteiger partial charge in [0.05, 0.1) is 12.7 Å². The number of carbonyl (C=O) groups is 2. The first-order chi connectivity index (χ1) is 14.6. The van der Waals surface area contributed by atoms with Crippen molar-refractivity contribution < 1.29 is 23.6 Å². The minimum atomic E-state index is -0.551. The van der Waals surface area contributed by atoms with Crippen molar-refractivity contribution in [3.63, 3.8) is 0 Å². The maximum atomic E-state index is 13.1. The Labute approximate surface area is 172 Å². The van der Waals surface area contributed by atoms with Gasteiger partial charge in [-0.05, 0) is 49.4 Å². The monoisotopic (exact) mass is 402 g/mol. The van der Waals surface area contributed by atoms with Gasteiger partial charge in [0.15, 0.2) is 5.78 Å². The first-order valence-corrected chi connectivity index (χ1v) is 9.18. The number of nitrogens with one attached hydrogen (secondary N) is 1. The van der Waals surface area contributed by atoms with E-state index in [0.29, 0.717) is 33.9 Å². The molecule has 0 aliphatic rings. The molecule has 0 amide bonds. The van der Waals surface area contributed by atoms with Gasteiger partial charge in [-0.1, -0.05) is 23.4 Å². The first kappa shape index (κ1) is 19.2. The number of esters is 1. The summed E-state index contributed by atoms with van der Waals surface area (Å²) in [6.07, 6.45) is 1.46. The molecule has 30 heavy (non-hydrogen) atoms. The molecule has 7 nitrogen and oxygen atoms in total. The van der Waals surface area contributed by atoms with Crippen LogP contribution in [0.4, 0.5) is 0 Å². The van der Waals surface area contributed by atoms with Crippen molar-refractivity contribution in [2.24, 2.45) is 0 Å². The predicted octanol–water partition coefficient (Wildman–Crippen LogP) is 4.79. The second kappa shape index (κ2) is 8.08. The zero-order valence-electron chi connectivity index (χ0n) is 16.3. The van der Waals surface area contributed by atoms with Crippen LogP contribution in [0.1, 0.15) is 32.2 Å². The lowest BCUT2D eigenvalue weighted by Crippen LogP contribution is -2.03. The molecule has 2 aromatic carbocycles. The molecule has 0 unspecified atom stereocenters. The van der Waals surface area contributed by atoms with E-state index in [9.17, 15) is 9.59 Å². The number of benzene rings is 2. The molecule has 7 heteroatoms. The van der Waals surface area contributed by atoms with Crippen molar-refractivity contribution in [3.05, 3.63) is 89.4 Å². The third kappa shape index (κ3) is 3.73. The Morgan fingerprint density at radius 2 is 1.70 bits per heavy atom. The van der Waals surface area contributed by atoms with Crippen LogP contribution in [-0.2, 0) is 4.74 Å². The molecule has 0 spiro atoms. The molecule has 0 bridgehead atoms. The van der Waals surface area contributed by atoms with E-state index < -0.39 is 5.97 Å². The predicted molar refractivity (Wildman–Crippen MR) is 109 cm³/mol. The third-order valence-electron chi connectivity index (χ3n) is 4.55. The number of ketones is 1. The fourth-order valence-corrected chi connectivity index (χ4v) is 3.04. The molecule has 4 aromatic rings. The Kier molecular flexibility index (Phi) is 5.17. The molecule has 150 valence electrons. The summed E-state index contributed by atoms with van der Waals surface area (Å²) in [6, 6.07) is 18.1. The minimum Gasteiger partial charge on any atom is -0.464 e. The lowest BCUT2D eigenvalue weighted by Gasteiger charge is -2.06. The van der Waals surface area contributed by atoms with Gasteiger partial charge in [0.2, 0.25) is 0 Å². The Balaban J connectivity index is 1.61. The van der Waals surface area contributed by atoms with Gasteiger partial charge < -0.3 is 19.0 Å². The van der Waals surface area contributed by atoms with E-state index in [1.807, 2.05) is 42.5 Å². The van der Waals surface area contributed by atoms with Crippen molar-refractivity contribution in [3.8, 4) is 22.8 Å². The fraction of sp³-hybridized carbons (Fsp3) is 0.0870. The SMILES string of the molecule is COC(=O)c1cc(C(=O)c2c(-c3ccc(Oc4ccccc4)cc3)noc2C)c[nH]1. The summed E-state index contributed by atoms with van der Waals surface area (Å²) in [7, 11) is 1.28. The number of carbonyl (C=O) groups excluding carboxylic acids is 2. The maximum absolute atomic E-state index is 13.1. The molecule has 0 saturated carbocycles. The standard InChI is InChI=1S/C23H18N2O5/c1-14-20(22(26)16-12-19(24-13-16)23(27)28-2)21(25-30-14)15-8-10-18(11-9-15)29-17-6-4-3-5-7-17/h3-13,24H,1-2H3. The number of para-hydroxylation sites is 1. The summed E-state index contributed by atoms with van der Waals surface area (Å²) in [4.78, 5) is 27.5. The fourth-order valence-electron chi connectivity index (χ4n) is 3.04. The number of aryl methyl sites for hydroxylation is 1. The summed E-state index contributed by atoms with van der Waals surface area (Å²) < 4.78 is 15.8. The van der Waals surface area contributed by atoms with Crippen LogP contribution >= 0.6 is 0 Å². The van der Waals surface area contributed by atoms with Crippen molar-refractivity contribution in [1.29, 1.82) is 0 Å². The number of aromatic amines is 1. The number of nitrogens with zero attached hydrogens (tertiary/aromatic N) is 1. The summed E-state index contributed by atoms with van der Waals surface area (Å²) in [5.74, 6) is 0.921. The van der Waals surface area contributed by atoms with E-state index in [1.165, 1.54) is 19.4 Å². The average Bonchev–Trinajstić information content (AvgIpc) is 3.41. The molecule has 0 atom stereocenters. The molecular formula is C23H18N2O5. The number of hydrogen-bond acceptors (Lipinski definition) is 6. The second-order valence-corrected chi connectivity index (χ2v) is 6.52. The molecule has 0 saturated heterocycles. The van der Waals surface area contributed by atoms with E-state index in [2.05, 4.69) is 14.9 Å². The quantitative estimate of drug-likeness (QED) is 0.368. The van der Waals surface area contributed by atoms with E-state index in [-0.39, 0.29) is 11.5 Å². The molecule has 2 heterocycles. The molecule has 4 rings (SSSR count). The van der Waals surface area contributed by atoms with Gasteiger partial charge in [0.25, 0.3) is 0 Å². The first-order valence-electron chi connectivity index (χ1n) is 9.18. The molecule has 0 radical (unpaired) electrons. The normalized spacial score (nSPS) is 10.6. The van der Waals surface area contributed by atoms with Crippen LogP contribution in [0, 0.1) is 6.92 Å². The lowest BCUT2D eigenvalue weighted by atomic mass is 9.99. The third-order valence-corrected chi connectivity index (χ3v) is 4.55. The maximum Gasteiger partial charge on any atom is 0.354 e. The Morgan fingerprint density at radius 3 is 2.40 bits per heavy atom. The molecular weight excluding hydrogens is 384 g/mol. The number of aromatic nitrogens is 2. The summed E-state index contributed by atoms with van der Waals surface area (Å²) in [5, 5.41) is 4.07.